The Balaban J connectivity index is 0.00000192. The number of hydrogen-bond donors (Lipinski definition) is 3. The predicted octanol–water partition coefficient (Wildman–Crippen LogP) is 1.61. The summed E-state index contributed by atoms with van der Waals surface area (Å²) in [6.45, 7) is 7.32. The second-order valence-corrected chi connectivity index (χ2v) is 8.46. The molecule has 0 bridgehead atoms. The Morgan fingerprint density at radius 2 is 1.52 bits per heavy atom. The maximum Gasteiger partial charge on any atom is 0.228 e. The van der Waals surface area contributed by atoms with E-state index in [-0.39, 0.29) is 24.2 Å². The first-order valence-electron chi connectivity index (χ1n) is 8.61. The topological polar surface area (TPSA) is 70.2 Å². The molecule has 5 nitrogen and oxygen atoms in total. The molecule has 3 aliphatic rings. The van der Waals surface area contributed by atoms with Gasteiger partial charge in [0.05, 0.1) is 5.41 Å². The van der Waals surface area contributed by atoms with E-state index in [0.29, 0.717) is 23.8 Å². The Morgan fingerprint density at radius 1 is 0.957 bits per heavy atom. The fourth-order valence-electron chi connectivity index (χ4n) is 3.11. The maximum atomic E-state index is 12.7. The summed E-state index contributed by atoms with van der Waals surface area (Å²) in [5.74, 6) is 0.0722. The highest BCUT2D eigenvalue weighted by Crippen LogP contribution is 2.45. The van der Waals surface area contributed by atoms with Gasteiger partial charge in [0.15, 0.2) is 0 Å². The second kappa shape index (κ2) is 6.60. The van der Waals surface area contributed by atoms with E-state index < -0.39 is 5.41 Å². The Kier molecular flexibility index (Phi) is 5.31. The van der Waals surface area contributed by atoms with Crippen molar-refractivity contribution in [1.82, 2.24) is 16.0 Å². The van der Waals surface area contributed by atoms with Crippen molar-refractivity contribution in [3.8, 4) is 0 Å². The molecule has 0 aromatic rings. The molecule has 2 saturated carbocycles. The first-order valence-corrected chi connectivity index (χ1v) is 8.61. The zero-order valence-corrected chi connectivity index (χ0v) is 15.1. The van der Waals surface area contributed by atoms with Gasteiger partial charge in [-0.1, -0.05) is 13.8 Å². The Morgan fingerprint density at radius 3 is 2.00 bits per heavy atom. The quantitative estimate of drug-likeness (QED) is 0.657. The van der Waals surface area contributed by atoms with Gasteiger partial charge >= 0.3 is 0 Å². The van der Waals surface area contributed by atoms with Crippen LogP contribution in [0, 0.1) is 16.2 Å². The van der Waals surface area contributed by atoms with Crippen molar-refractivity contribution in [2.75, 3.05) is 26.2 Å². The average Bonchev–Trinajstić information content (AvgIpc) is 3.35. The van der Waals surface area contributed by atoms with E-state index in [1.165, 1.54) is 25.7 Å². The summed E-state index contributed by atoms with van der Waals surface area (Å²) >= 11 is 0. The fraction of sp³-hybridized carbons (Fsp3) is 0.882. The third-order valence-electron chi connectivity index (χ3n) is 5.82. The molecule has 3 fully saturated rings. The standard InChI is InChI=1S/C17H29N3O2.ClH/c1-15(3-4-15)10-19-13(21)9-17(7-8-18-12-17)14(22)20-11-16(2)5-6-16;/h18H,3-12H2,1-2H3,(H,19,21)(H,20,22);1H. The molecule has 6 heteroatoms. The summed E-state index contributed by atoms with van der Waals surface area (Å²) in [6, 6.07) is 0. The van der Waals surface area contributed by atoms with E-state index in [0.717, 1.165) is 26.1 Å². The molecule has 2 amide bonds. The van der Waals surface area contributed by atoms with Crippen molar-refractivity contribution < 1.29 is 9.59 Å². The molecule has 23 heavy (non-hydrogen) atoms. The average molecular weight is 344 g/mol. The summed E-state index contributed by atoms with van der Waals surface area (Å²) in [5.41, 5.74) is 0.0467. The van der Waals surface area contributed by atoms with Crippen LogP contribution in [-0.4, -0.2) is 38.0 Å². The van der Waals surface area contributed by atoms with Crippen molar-refractivity contribution in [1.29, 1.82) is 0 Å². The molecule has 2 aliphatic carbocycles. The van der Waals surface area contributed by atoms with E-state index >= 15 is 0 Å². The van der Waals surface area contributed by atoms with E-state index in [9.17, 15) is 9.59 Å². The zero-order chi connectivity index (χ0) is 15.8. The summed E-state index contributed by atoms with van der Waals surface area (Å²) in [7, 11) is 0. The largest absolute Gasteiger partial charge is 0.356 e. The van der Waals surface area contributed by atoms with Gasteiger partial charge in [-0.15, -0.1) is 12.4 Å². The van der Waals surface area contributed by atoms with Crippen LogP contribution in [0.3, 0.4) is 0 Å². The summed E-state index contributed by atoms with van der Waals surface area (Å²) in [6.07, 6.45) is 5.83. The van der Waals surface area contributed by atoms with Gasteiger partial charge in [0.25, 0.3) is 0 Å². The molecule has 1 saturated heterocycles. The molecule has 132 valence electrons. The van der Waals surface area contributed by atoms with Crippen molar-refractivity contribution >= 4 is 24.2 Å². The molecule has 3 N–H and O–H groups in total. The summed E-state index contributed by atoms with van der Waals surface area (Å²) in [4.78, 5) is 24.9. The monoisotopic (exact) mass is 343 g/mol. The van der Waals surface area contributed by atoms with Crippen LogP contribution in [0.1, 0.15) is 52.4 Å². The summed E-state index contributed by atoms with van der Waals surface area (Å²) in [5, 5.41) is 9.38. The number of hydrogen-bond acceptors (Lipinski definition) is 3. The van der Waals surface area contributed by atoms with Crippen LogP contribution in [0.15, 0.2) is 0 Å². The highest BCUT2D eigenvalue weighted by Gasteiger charge is 2.45. The van der Waals surface area contributed by atoms with Gasteiger partial charge in [-0.25, -0.2) is 0 Å². The lowest BCUT2D eigenvalue weighted by atomic mass is 9.82. The highest BCUT2D eigenvalue weighted by atomic mass is 35.5. The highest BCUT2D eigenvalue weighted by molar-refractivity contribution is 5.89. The van der Waals surface area contributed by atoms with E-state index in [1.807, 2.05) is 0 Å². The molecular formula is C17H30ClN3O2. The van der Waals surface area contributed by atoms with Crippen LogP contribution in [0.2, 0.25) is 0 Å². The van der Waals surface area contributed by atoms with E-state index in [2.05, 4.69) is 29.8 Å². The Hall–Kier alpha value is -0.810. The van der Waals surface area contributed by atoms with Gasteiger partial charge < -0.3 is 16.0 Å². The molecule has 1 heterocycles. The third-order valence-corrected chi connectivity index (χ3v) is 5.82. The molecule has 0 radical (unpaired) electrons. The van der Waals surface area contributed by atoms with Gasteiger partial charge in [-0.2, -0.15) is 0 Å². The smallest absolute Gasteiger partial charge is 0.228 e. The van der Waals surface area contributed by atoms with Crippen LogP contribution >= 0.6 is 12.4 Å². The number of halogens is 1. The Labute approximate surface area is 145 Å². The SMILES string of the molecule is CC1(CNC(=O)CC2(C(=O)NCC3(C)CC3)CCNC2)CC1.Cl. The minimum Gasteiger partial charge on any atom is -0.356 e. The van der Waals surface area contributed by atoms with Gasteiger partial charge in [0.1, 0.15) is 0 Å². The molecular weight excluding hydrogens is 314 g/mol. The number of carbonyl (C=O) groups excluding carboxylic acids is 2. The normalized spacial score (nSPS) is 29.3. The maximum absolute atomic E-state index is 12.7. The van der Waals surface area contributed by atoms with Crippen LogP contribution in [0.5, 0.6) is 0 Å². The minimum atomic E-state index is -0.556. The lowest BCUT2D eigenvalue weighted by molar-refractivity contribution is -0.135. The molecule has 0 spiro atoms. The second-order valence-electron chi connectivity index (χ2n) is 8.46. The van der Waals surface area contributed by atoms with Gasteiger partial charge in [0, 0.05) is 26.1 Å². The van der Waals surface area contributed by atoms with Gasteiger partial charge in [-0.3, -0.25) is 9.59 Å². The number of carbonyl (C=O) groups is 2. The zero-order valence-electron chi connectivity index (χ0n) is 14.3. The van der Waals surface area contributed by atoms with Crippen LogP contribution in [0.4, 0.5) is 0 Å². The molecule has 0 aromatic heterocycles. The van der Waals surface area contributed by atoms with Gasteiger partial charge in [0.2, 0.25) is 11.8 Å². The first kappa shape index (κ1) is 18.5. The van der Waals surface area contributed by atoms with Crippen molar-refractivity contribution in [2.24, 2.45) is 16.2 Å². The number of rotatable bonds is 7. The molecule has 1 atom stereocenters. The fourth-order valence-corrected chi connectivity index (χ4v) is 3.11. The lowest BCUT2D eigenvalue weighted by Crippen LogP contribution is -2.47. The predicted molar refractivity (Wildman–Crippen MR) is 92.5 cm³/mol. The molecule has 1 unspecified atom stereocenters. The van der Waals surface area contributed by atoms with Crippen LogP contribution in [-0.2, 0) is 9.59 Å². The third kappa shape index (κ3) is 4.60. The van der Waals surface area contributed by atoms with E-state index in [4.69, 9.17) is 0 Å². The first-order chi connectivity index (χ1) is 10.4. The van der Waals surface area contributed by atoms with Crippen molar-refractivity contribution in [3.05, 3.63) is 0 Å². The molecule has 3 rings (SSSR count). The number of amides is 2. The molecule has 0 aromatic carbocycles. The van der Waals surface area contributed by atoms with Crippen LogP contribution < -0.4 is 16.0 Å². The van der Waals surface area contributed by atoms with Crippen LogP contribution in [0.25, 0.3) is 0 Å². The van der Waals surface area contributed by atoms with Gasteiger partial charge in [-0.05, 0) is 49.5 Å². The molecule has 1 aliphatic heterocycles. The van der Waals surface area contributed by atoms with Crippen molar-refractivity contribution in [2.45, 2.75) is 52.4 Å². The van der Waals surface area contributed by atoms with E-state index in [1.54, 1.807) is 0 Å². The number of nitrogens with one attached hydrogen (secondary N) is 3. The summed E-state index contributed by atoms with van der Waals surface area (Å²) < 4.78 is 0. The lowest BCUT2D eigenvalue weighted by Gasteiger charge is -2.27. The van der Waals surface area contributed by atoms with Crippen molar-refractivity contribution in [3.63, 3.8) is 0 Å². The minimum absolute atomic E-state index is 0. The Bertz CT molecular complexity index is 466.